The molecule has 0 fully saturated rings. The van der Waals surface area contributed by atoms with Gasteiger partial charge in [0, 0.05) is 4.91 Å². The first kappa shape index (κ1) is 11.3. The van der Waals surface area contributed by atoms with Crippen molar-refractivity contribution in [3.05, 3.63) is 42.0 Å². The summed E-state index contributed by atoms with van der Waals surface area (Å²) in [6, 6.07) is 8.47. The van der Waals surface area contributed by atoms with Gasteiger partial charge in [-0.1, -0.05) is 44.7 Å². The summed E-state index contributed by atoms with van der Waals surface area (Å²) in [4.78, 5) is 0.918. The van der Waals surface area contributed by atoms with Crippen molar-refractivity contribution in [1.29, 1.82) is 0 Å². The maximum absolute atomic E-state index is 5.44. The van der Waals surface area contributed by atoms with E-state index in [2.05, 4.69) is 44.7 Å². The SMILES string of the molecule is C=C(SN)c1ccc(CC(C)C)cc1. The van der Waals surface area contributed by atoms with Gasteiger partial charge in [0.2, 0.25) is 0 Å². The van der Waals surface area contributed by atoms with Gasteiger partial charge in [0.25, 0.3) is 0 Å². The number of hydrogen-bond donors (Lipinski definition) is 1. The van der Waals surface area contributed by atoms with E-state index in [1.807, 2.05) is 0 Å². The van der Waals surface area contributed by atoms with E-state index in [-0.39, 0.29) is 0 Å². The molecule has 1 aromatic carbocycles. The number of hydrogen-bond acceptors (Lipinski definition) is 2. The molecule has 0 heterocycles. The summed E-state index contributed by atoms with van der Waals surface area (Å²) >= 11 is 1.20. The molecule has 0 atom stereocenters. The summed E-state index contributed by atoms with van der Waals surface area (Å²) in [6.45, 7) is 8.32. The van der Waals surface area contributed by atoms with Crippen LogP contribution in [0.2, 0.25) is 0 Å². The highest BCUT2D eigenvalue weighted by Crippen LogP contribution is 2.21. The van der Waals surface area contributed by atoms with Crippen molar-refractivity contribution in [3.63, 3.8) is 0 Å². The Balaban J connectivity index is 2.73. The van der Waals surface area contributed by atoms with Gasteiger partial charge >= 0.3 is 0 Å². The quantitative estimate of drug-likeness (QED) is 0.765. The van der Waals surface area contributed by atoms with Crippen LogP contribution in [0.3, 0.4) is 0 Å². The molecule has 0 radical (unpaired) electrons. The standard InChI is InChI=1S/C12H17NS/c1-9(2)8-11-4-6-12(7-5-11)10(3)14-13/h4-7,9H,3,8,13H2,1-2H3. The van der Waals surface area contributed by atoms with Crippen LogP contribution in [0.5, 0.6) is 0 Å². The predicted molar refractivity (Wildman–Crippen MR) is 65.8 cm³/mol. The Labute approximate surface area is 90.5 Å². The second-order valence-corrected chi connectivity index (χ2v) is 4.56. The third-order valence-corrected chi connectivity index (χ3v) is 2.58. The van der Waals surface area contributed by atoms with E-state index < -0.39 is 0 Å². The Morgan fingerprint density at radius 1 is 1.36 bits per heavy atom. The Morgan fingerprint density at radius 2 is 1.93 bits per heavy atom. The second kappa shape index (κ2) is 5.23. The monoisotopic (exact) mass is 207 g/mol. The number of nitrogens with two attached hydrogens (primary N) is 1. The average molecular weight is 207 g/mol. The fourth-order valence-electron chi connectivity index (χ4n) is 1.37. The van der Waals surface area contributed by atoms with Crippen molar-refractivity contribution in [3.8, 4) is 0 Å². The predicted octanol–water partition coefficient (Wildman–Crippen LogP) is 3.46. The van der Waals surface area contributed by atoms with Crippen LogP contribution in [0.15, 0.2) is 30.8 Å². The lowest BCUT2D eigenvalue weighted by Gasteiger charge is -2.06. The fraction of sp³-hybridized carbons (Fsp3) is 0.333. The third kappa shape index (κ3) is 3.20. The fourth-order valence-corrected chi connectivity index (χ4v) is 1.64. The lowest BCUT2D eigenvalue weighted by atomic mass is 10.0. The molecule has 1 rings (SSSR count). The van der Waals surface area contributed by atoms with Crippen molar-refractivity contribution in [2.24, 2.45) is 11.1 Å². The molecule has 0 amide bonds. The maximum atomic E-state index is 5.44. The molecule has 76 valence electrons. The summed E-state index contributed by atoms with van der Waals surface area (Å²) < 4.78 is 0. The van der Waals surface area contributed by atoms with Crippen LogP contribution in [0.1, 0.15) is 25.0 Å². The van der Waals surface area contributed by atoms with Gasteiger partial charge in [0.15, 0.2) is 0 Å². The maximum Gasteiger partial charge on any atom is 0.0226 e. The molecule has 0 saturated carbocycles. The first-order chi connectivity index (χ1) is 6.63. The average Bonchev–Trinajstić information content (AvgIpc) is 2.17. The zero-order chi connectivity index (χ0) is 10.6. The third-order valence-electron chi connectivity index (χ3n) is 2.06. The zero-order valence-electron chi connectivity index (χ0n) is 8.79. The zero-order valence-corrected chi connectivity index (χ0v) is 9.60. The molecule has 14 heavy (non-hydrogen) atoms. The molecule has 0 spiro atoms. The molecule has 0 aliphatic rings. The molecular weight excluding hydrogens is 190 g/mol. The van der Waals surface area contributed by atoms with Crippen molar-refractivity contribution in [2.75, 3.05) is 0 Å². The van der Waals surface area contributed by atoms with E-state index in [1.165, 1.54) is 17.5 Å². The molecule has 0 aliphatic heterocycles. The highest BCUT2D eigenvalue weighted by Gasteiger charge is 2.00. The van der Waals surface area contributed by atoms with Crippen LogP contribution in [0.4, 0.5) is 0 Å². The molecule has 0 aliphatic carbocycles. The molecule has 1 nitrogen and oxygen atoms in total. The Bertz CT molecular complexity index is 301. The van der Waals surface area contributed by atoms with Gasteiger partial charge in [0.05, 0.1) is 0 Å². The molecule has 0 bridgehead atoms. The van der Waals surface area contributed by atoms with E-state index in [4.69, 9.17) is 5.14 Å². The van der Waals surface area contributed by atoms with E-state index >= 15 is 0 Å². The van der Waals surface area contributed by atoms with E-state index in [0.717, 1.165) is 16.9 Å². The summed E-state index contributed by atoms with van der Waals surface area (Å²) in [5.41, 5.74) is 2.49. The minimum Gasteiger partial charge on any atom is -0.274 e. The molecular formula is C12H17NS. The first-order valence-electron chi connectivity index (χ1n) is 4.78. The number of rotatable bonds is 4. The van der Waals surface area contributed by atoms with Crippen LogP contribution < -0.4 is 5.14 Å². The highest BCUT2D eigenvalue weighted by atomic mass is 32.2. The van der Waals surface area contributed by atoms with Crippen LogP contribution in [0.25, 0.3) is 4.91 Å². The molecule has 1 aromatic rings. The van der Waals surface area contributed by atoms with Gasteiger partial charge in [-0.05, 0) is 35.4 Å². The summed E-state index contributed by atoms with van der Waals surface area (Å²) in [5, 5.41) is 5.44. The minimum atomic E-state index is 0.702. The van der Waals surface area contributed by atoms with E-state index in [0.29, 0.717) is 5.92 Å². The Morgan fingerprint density at radius 3 is 2.36 bits per heavy atom. The number of benzene rings is 1. The van der Waals surface area contributed by atoms with Gasteiger partial charge < -0.3 is 0 Å². The lowest BCUT2D eigenvalue weighted by molar-refractivity contribution is 0.647. The molecule has 2 N–H and O–H groups in total. The molecule has 2 heteroatoms. The van der Waals surface area contributed by atoms with E-state index in [1.54, 1.807) is 0 Å². The summed E-state index contributed by atoms with van der Waals surface area (Å²) in [6.07, 6.45) is 1.13. The summed E-state index contributed by atoms with van der Waals surface area (Å²) in [7, 11) is 0. The van der Waals surface area contributed by atoms with Crippen LogP contribution in [-0.2, 0) is 6.42 Å². The molecule has 0 aromatic heterocycles. The topological polar surface area (TPSA) is 26.0 Å². The van der Waals surface area contributed by atoms with Gasteiger partial charge in [-0.15, -0.1) is 0 Å². The Hall–Kier alpha value is -0.730. The second-order valence-electron chi connectivity index (χ2n) is 3.84. The van der Waals surface area contributed by atoms with Crippen molar-refractivity contribution < 1.29 is 0 Å². The van der Waals surface area contributed by atoms with Crippen molar-refractivity contribution in [2.45, 2.75) is 20.3 Å². The van der Waals surface area contributed by atoms with Gasteiger partial charge in [-0.25, -0.2) is 0 Å². The van der Waals surface area contributed by atoms with E-state index in [9.17, 15) is 0 Å². The van der Waals surface area contributed by atoms with Crippen LogP contribution >= 0.6 is 11.9 Å². The van der Waals surface area contributed by atoms with Crippen LogP contribution in [-0.4, -0.2) is 0 Å². The van der Waals surface area contributed by atoms with Crippen molar-refractivity contribution >= 4 is 16.9 Å². The molecule has 0 saturated heterocycles. The first-order valence-corrected chi connectivity index (χ1v) is 5.66. The minimum absolute atomic E-state index is 0.702. The lowest BCUT2D eigenvalue weighted by Crippen LogP contribution is -1.93. The van der Waals surface area contributed by atoms with Crippen molar-refractivity contribution in [1.82, 2.24) is 0 Å². The van der Waals surface area contributed by atoms with Gasteiger partial charge in [0.1, 0.15) is 0 Å². The smallest absolute Gasteiger partial charge is 0.0226 e. The Kier molecular flexibility index (Phi) is 4.23. The summed E-state index contributed by atoms with van der Waals surface area (Å²) in [5.74, 6) is 0.702. The highest BCUT2D eigenvalue weighted by molar-refractivity contribution is 8.06. The van der Waals surface area contributed by atoms with Gasteiger partial charge in [-0.3, -0.25) is 5.14 Å². The normalized spacial score (nSPS) is 10.6. The molecule has 0 unspecified atom stereocenters. The van der Waals surface area contributed by atoms with Gasteiger partial charge in [-0.2, -0.15) is 0 Å². The van der Waals surface area contributed by atoms with Crippen LogP contribution in [0, 0.1) is 5.92 Å². The largest absolute Gasteiger partial charge is 0.274 e.